The Hall–Kier alpha value is 0.400. The number of halogens is 1. The molecule has 2 unspecified atom stereocenters. The van der Waals surface area contributed by atoms with Crippen LogP contribution in [0.15, 0.2) is 0 Å². The lowest BCUT2D eigenvalue weighted by molar-refractivity contribution is 0.211. The minimum Gasteiger partial charge on any atom is -0.302 e. The molecule has 4 nitrogen and oxygen atoms in total. The lowest BCUT2D eigenvalue weighted by atomic mass is 10.3. The van der Waals surface area contributed by atoms with E-state index in [1.807, 2.05) is 0 Å². The lowest BCUT2D eigenvalue weighted by Crippen LogP contribution is -2.08. The highest BCUT2D eigenvalue weighted by Gasteiger charge is 2.34. The normalized spacial score (nSPS) is 40.4. The lowest BCUT2D eigenvalue weighted by Gasteiger charge is -2.02. The molecule has 1 aliphatic rings. The van der Waals surface area contributed by atoms with Crippen LogP contribution in [0.1, 0.15) is 6.42 Å². The van der Waals surface area contributed by atoms with Crippen LogP contribution in [0.5, 0.6) is 0 Å². The summed E-state index contributed by atoms with van der Waals surface area (Å²) < 4.78 is 19.6. The molecule has 0 amide bonds. The van der Waals surface area contributed by atoms with Gasteiger partial charge in [0.1, 0.15) is 0 Å². The van der Waals surface area contributed by atoms with Crippen LogP contribution in [0.4, 0.5) is 0 Å². The van der Waals surface area contributed by atoms with Crippen molar-refractivity contribution in [3.05, 3.63) is 0 Å². The quantitative estimate of drug-likeness (QED) is 0.519. The number of alkyl halides is 1. The zero-order chi connectivity index (χ0) is 7.61. The molecule has 2 atom stereocenters. The van der Waals surface area contributed by atoms with Gasteiger partial charge in [-0.1, -0.05) is 0 Å². The Labute approximate surface area is 63.7 Å². The Bertz CT molecular complexity index is 161. The van der Waals surface area contributed by atoms with Gasteiger partial charge in [-0.05, 0) is 6.42 Å². The largest absolute Gasteiger partial charge is 0.472 e. The molecule has 0 bridgehead atoms. The number of phosphoric acid groups is 1. The Morgan fingerprint density at radius 3 is 2.90 bits per heavy atom. The van der Waals surface area contributed by atoms with Crippen LogP contribution >= 0.6 is 19.4 Å². The van der Waals surface area contributed by atoms with E-state index in [1.54, 1.807) is 0 Å². The summed E-state index contributed by atoms with van der Waals surface area (Å²) in [6, 6.07) is 0. The van der Waals surface area contributed by atoms with E-state index in [4.69, 9.17) is 16.5 Å². The third-order valence-corrected chi connectivity index (χ3v) is 2.40. The van der Waals surface area contributed by atoms with Gasteiger partial charge in [-0.15, -0.1) is 11.6 Å². The predicted molar refractivity (Wildman–Crippen MR) is 36.0 cm³/mol. The average Bonchev–Trinajstić information content (AvgIpc) is 2.12. The summed E-state index contributed by atoms with van der Waals surface area (Å²) in [7, 11) is -3.69. The Morgan fingerprint density at radius 2 is 2.50 bits per heavy atom. The van der Waals surface area contributed by atoms with E-state index < -0.39 is 7.82 Å². The van der Waals surface area contributed by atoms with Gasteiger partial charge in [-0.25, -0.2) is 4.57 Å². The van der Waals surface area contributed by atoms with Crippen LogP contribution in [0, 0.1) is 0 Å². The van der Waals surface area contributed by atoms with Gasteiger partial charge in [0.15, 0.2) is 0 Å². The summed E-state index contributed by atoms with van der Waals surface area (Å²) in [4.78, 5) is 8.66. The smallest absolute Gasteiger partial charge is 0.302 e. The predicted octanol–water partition coefficient (Wildman–Crippen LogP) is 1.13. The van der Waals surface area contributed by atoms with Gasteiger partial charge in [0, 0.05) is 5.88 Å². The van der Waals surface area contributed by atoms with Gasteiger partial charge in [0.05, 0.1) is 12.7 Å². The fourth-order valence-electron chi connectivity index (χ4n) is 0.684. The van der Waals surface area contributed by atoms with Crippen LogP contribution in [0.25, 0.3) is 0 Å². The minimum absolute atomic E-state index is 0.167. The second kappa shape index (κ2) is 3.20. The van der Waals surface area contributed by atoms with Gasteiger partial charge in [0.25, 0.3) is 0 Å². The zero-order valence-electron chi connectivity index (χ0n) is 5.20. The van der Waals surface area contributed by atoms with Crippen molar-refractivity contribution in [1.82, 2.24) is 0 Å². The summed E-state index contributed by atoms with van der Waals surface area (Å²) in [5.74, 6) is 0.411. The molecule has 1 N–H and O–H groups in total. The highest BCUT2D eigenvalue weighted by Crippen LogP contribution is 2.50. The Kier molecular flexibility index (Phi) is 2.72. The molecule has 0 aliphatic carbocycles. The number of rotatable bonds is 2. The van der Waals surface area contributed by atoms with Crippen molar-refractivity contribution in [3.8, 4) is 0 Å². The van der Waals surface area contributed by atoms with E-state index in [1.165, 1.54) is 0 Å². The maximum atomic E-state index is 10.6. The topological polar surface area (TPSA) is 55.8 Å². The third-order valence-electron chi connectivity index (χ3n) is 1.14. The third kappa shape index (κ3) is 2.22. The van der Waals surface area contributed by atoms with Crippen LogP contribution in [0.2, 0.25) is 0 Å². The summed E-state index contributed by atoms with van der Waals surface area (Å²) >= 11 is 5.37. The molecular formula is C4H8ClO4P. The highest BCUT2D eigenvalue weighted by atomic mass is 35.5. The second-order valence-corrected chi connectivity index (χ2v) is 3.75. The fourth-order valence-corrected chi connectivity index (χ4v) is 1.89. The highest BCUT2D eigenvalue weighted by molar-refractivity contribution is 7.47. The first-order valence-corrected chi connectivity index (χ1v) is 4.89. The van der Waals surface area contributed by atoms with Crippen molar-refractivity contribution in [1.29, 1.82) is 0 Å². The maximum absolute atomic E-state index is 10.6. The zero-order valence-corrected chi connectivity index (χ0v) is 6.85. The molecule has 0 saturated carbocycles. The molecule has 1 saturated heterocycles. The van der Waals surface area contributed by atoms with E-state index in [0.29, 0.717) is 12.3 Å². The SMILES string of the molecule is O=P1(O)OCC(CCCl)O1. The molecule has 60 valence electrons. The first-order chi connectivity index (χ1) is 4.64. The summed E-state index contributed by atoms with van der Waals surface area (Å²) in [5, 5.41) is 0. The Morgan fingerprint density at radius 1 is 1.80 bits per heavy atom. The van der Waals surface area contributed by atoms with Crippen LogP contribution in [-0.2, 0) is 13.6 Å². The first-order valence-electron chi connectivity index (χ1n) is 2.86. The van der Waals surface area contributed by atoms with E-state index in [0.717, 1.165) is 0 Å². The van der Waals surface area contributed by atoms with Gasteiger partial charge < -0.3 is 4.89 Å². The minimum atomic E-state index is -3.69. The molecule has 0 aromatic rings. The monoisotopic (exact) mass is 186 g/mol. The molecule has 0 spiro atoms. The van der Waals surface area contributed by atoms with Crippen molar-refractivity contribution in [3.63, 3.8) is 0 Å². The molecule has 1 heterocycles. The summed E-state index contributed by atoms with van der Waals surface area (Å²) in [6.45, 7) is 0.167. The molecule has 0 radical (unpaired) electrons. The average molecular weight is 187 g/mol. The first kappa shape index (κ1) is 8.50. The van der Waals surface area contributed by atoms with E-state index >= 15 is 0 Å². The van der Waals surface area contributed by atoms with E-state index in [9.17, 15) is 4.57 Å². The fraction of sp³-hybridized carbons (Fsp3) is 1.00. The van der Waals surface area contributed by atoms with Gasteiger partial charge in [0.2, 0.25) is 0 Å². The molecule has 6 heteroatoms. The van der Waals surface area contributed by atoms with Gasteiger partial charge in [-0.3, -0.25) is 9.05 Å². The van der Waals surface area contributed by atoms with Crippen molar-refractivity contribution in [2.45, 2.75) is 12.5 Å². The summed E-state index contributed by atoms with van der Waals surface area (Å²) in [6.07, 6.45) is 0.236. The van der Waals surface area contributed by atoms with Crippen LogP contribution in [-0.4, -0.2) is 23.5 Å². The van der Waals surface area contributed by atoms with Crippen molar-refractivity contribution >= 4 is 19.4 Å². The summed E-state index contributed by atoms with van der Waals surface area (Å²) in [5.41, 5.74) is 0. The second-order valence-electron chi connectivity index (χ2n) is 1.97. The molecule has 1 aliphatic heterocycles. The molecule has 10 heavy (non-hydrogen) atoms. The number of hydrogen-bond donors (Lipinski definition) is 1. The molecule has 1 fully saturated rings. The molecule has 0 aromatic heterocycles. The van der Waals surface area contributed by atoms with Crippen molar-refractivity contribution in [2.24, 2.45) is 0 Å². The Balaban J connectivity index is 2.36. The van der Waals surface area contributed by atoms with Gasteiger partial charge in [-0.2, -0.15) is 0 Å². The van der Waals surface area contributed by atoms with Crippen molar-refractivity contribution < 1.29 is 18.5 Å². The van der Waals surface area contributed by atoms with E-state index in [2.05, 4.69) is 9.05 Å². The number of phosphoric ester groups is 1. The number of hydrogen-bond acceptors (Lipinski definition) is 3. The standard InChI is InChI=1S/C4H8ClO4P/c5-2-1-4-3-8-10(6,7)9-4/h4H,1-3H2,(H,6,7). The van der Waals surface area contributed by atoms with Crippen LogP contribution < -0.4 is 0 Å². The maximum Gasteiger partial charge on any atom is 0.472 e. The molecule has 1 rings (SSSR count). The van der Waals surface area contributed by atoms with Crippen LogP contribution in [0.3, 0.4) is 0 Å². The molecular weight excluding hydrogens is 178 g/mol. The van der Waals surface area contributed by atoms with E-state index in [-0.39, 0.29) is 12.7 Å². The molecule has 0 aromatic carbocycles. The van der Waals surface area contributed by atoms with Gasteiger partial charge >= 0.3 is 7.82 Å². The van der Waals surface area contributed by atoms with Crippen molar-refractivity contribution in [2.75, 3.05) is 12.5 Å².